The molecule has 1 N–H and O–H groups in total. The summed E-state index contributed by atoms with van der Waals surface area (Å²) in [7, 11) is 0. The van der Waals surface area contributed by atoms with Crippen LogP contribution in [-0.2, 0) is 16.3 Å². The van der Waals surface area contributed by atoms with Crippen molar-refractivity contribution in [1.82, 2.24) is 14.5 Å². The number of rotatable bonds is 6. The van der Waals surface area contributed by atoms with E-state index in [1.54, 1.807) is 24.5 Å². The van der Waals surface area contributed by atoms with E-state index in [-0.39, 0.29) is 18.1 Å². The number of ketones is 1. The summed E-state index contributed by atoms with van der Waals surface area (Å²) in [5.74, 6) is -0.0125. The number of fused-ring (bicyclic) bond motifs is 1. The molecule has 3 aromatic rings. The molecule has 0 aliphatic carbocycles. The van der Waals surface area contributed by atoms with Gasteiger partial charge in [-0.3, -0.25) is 14.2 Å². The number of ether oxygens (including phenoxy) is 1. The van der Waals surface area contributed by atoms with Gasteiger partial charge in [0.1, 0.15) is 12.4 Å². The molecule has 0 bridgehead atoms. The third-order valence-corrected chi connectivity index (χ3v) is 3.81. The number of carbonyl (C=O) groups excluding carboxylic acids is 1. The fourth-order valence-corrected chi connectivity index (χ4v) is 2.52. The molecule has 0 atom stereocenters. The van der Waals surface area contributed by atoms with Crippen LogP contribution >= 0.6 is 0 Å². The van der Waals surface area contributed by atoms with Crippen LogP contribution in [0.15, 0.2) is 47.7 Å². The highest BCUT2D eigenvalue weighted by atomic mass is 16.5. The van der Waals surface area contributed by atoms with Gasteiger partial charge in [0.2, 0.25) is 0 Å². The molecule has 0 fully saturated rings. The van der Waals surface area contributed by atoms with Crippen molar-refractivity contribution in [3.8, 4) is 11.1 Å². The second-order valence-corrected chi connectivity index (χ2v) is 5.66. The van der Waals surface area contributed by atoms with Crippen LogP contribution in [-0.4, -0.2) is 26.9 Å². The summed E-state index contributed by atoms with van der Waals surface area (Å²) in [6.45, 7) is 4.15. The van der Waals surface area contributed by atoms with E-state index in [0.29, 0.717) is 6.61 Å². The lowest BCUT2D eigenvalue weighted by atomic mass is 10.1. The lowest BCUT2D eigenvalue weighted by molar-refractivity contribution is -0.112. The van der Waals surface area contributed by atoms with Crippen LogP contribution in [0.25, 0.3) is 28.2 Å². The van der Waals surface area contributed by atoms with Gasteiger partial charge in [-0.2, -0.15) is 0 Å². The van der Waals surface area contributed by atoms with E-state index >= 15 is 0 Å². The topological polar surface area (TPSA) is 77.0 Å². The van der Waals surface area contributed by atoms with Gasteiger partial charge in [-0.25, -0.2) is 4.98 Å². The Bertz CT molecular complexity index is 999. The number of hydrogen-bond donors (Lipinski definition) is 1. The van der Waals surface area contributed by atoms with Gasteiger partial charge in [0.15, 0.2) is 5.78 Å². The molecule has 0 aliphatic heterocycles. The molecule has 3 aromatic heterocycles. The van der Waals surface area contributed by atoms with E-state index in [1.807, 2.05) is 19.2 Å². The van der Waals surface area contributed by atoms with Gasteiger partial charge < -0.3 is 9.72 Å². The lowest BCUT2D eigenvalue weighted by Gasteiger charge is -2.08. The van der Waals surface area contributed by atoms with E-state index in [9.17, 15) is 9.59 Å². The molecular weight excluding hydrogens is 318 g/mol. The van der Waals surface area contributed by atoms with Gasteiger partial charge in [-0.1, -0.05) is 0 Å². The monoisotopic (exact) mass is 337 g/mol. The lowest BCUT2D eigenvalue weighted by Crippen LogP contribution is -2.19. The first-order valence-electron chi connectivity index (χ1n) is 8.03. The SMILES string of the molecule is CCOCn1cc(-c2cnc3[nH]cc(/C=C/C(C)=O)c3c2)ccc1=O. The molecule has 0 spiro atoms. The summed E-state index contributed by atoms with van der Waals surface area (Å²) in [5.41, 5.74) is 3.28. The first-order valence-corrected chi connectivity index (χ1v) is 8.03. The van der Waals surface area contributed by atoms with Crippen molar-refractivity contribution in [3.63, 3.8) is 0 Å². The fourth-order valence-electron chi connectivity index (χ4n) is 2.52. The molecule has 0 aliphatic rings. The van der Waals surface area contributed by atoms with Crippen LogP contribution in [0.2, 0.25) is 0 Å². The molecule has 25 heavy (non-hydrogen) atoms. The molecule has 128 valence electrons. The maximum absolute atomic E-state index is 11.9. The second kappa shape index (κ2) is 7.27. The number of nitrogens with zero attached hydrogens (tertiary/aromatic N) is 2. The Morgan fingerprint density at radius 2 is 2.20 bits per heavy atom. The number of aromatic nitrogens is 3. The predicted octanol–water partition coefficient (Wildman–Crippen LogP) is 2.99. The maximum Gasteiger partial charge on any atom is 0.252 e. The highest BCUT2D eigenvalue weighted by molar-refractivity contribution is 5.96. The van der Waals surface area contributed by atoms with Crippen molar-refractivity contribution >= 4 is 22.9 Å². The standard InChI is InChI=1S/C19H19N3O3/c1-3-25-12-22-11-15(6-7-18(22)24)16-8-17-14(5-4-13(2)23)9-20-19(17)21-10-16/h4-11H,3,12H2,1-2H3,(H,20,21)/b5-4+. The van der Waals surface area contributed by atoms with E-state index < -0.39 is 0 Å². The Morgan fingerprint density at radius 1 is 1.36 bits per heavy atom. The Balaban J connectivity index is 2.02. The van der Waals surface area contributed by atoms with E-state index in [0.717, 1.165) is 27.7 Å². The molecule has 0 saturated carbocycles. The molecule has 0 aromatic carbocycles. The highest BCUT2D eigenvalue weighted by Crippen LogP contribution is 2.24. The molecule has 6 heteroatoms. The molecule has 0 saturated heterocycles. The molecule has 0 unspecified atom stereocenters. The highest BCUT2D eigenvalue weighted by Gasteiger charge is 2.07. The number of pyridine rings is 2. The predicted molar refractivity (Wildman–Crippen MR) is 97.1 cm³/mol. The molecule has 0 radical (unpaired) electrons. The summed E-state index contributed by atoms with van der Waals surface area (Å²) in [4.78, 5) is 30.6. The van der Waals surface area contributed by atoms with Crippen molar-refractivity contribution in [2.75, 3.05) is 6.61 Å². The Kier molecular flexibility index (Phi) is 4.90. The molecular formula is C19H19N3O3. The maximum atomic E-state index is 11.9. The van der Waals surface area contributed by atoms with Gasteiger partial charge in [0.05, 0.1) is 0 Å². The molecule has 3 heterocycles. The normalized spacial score (nSPS) is 11.4. The van der Waals surface area contributed by atoms with Crippen molar-refractivity contribution in [2.45, 2.75) is 20.6 Å². The molecule has 6 nitrogen and oxygen atoms in total. The number of allylic oxidation sites excluding steroid dienone is 1. The van der Waals surface area contributed by atoms with E-state index in [4.69, 9.17) is 4.74 Å². The second-order valence-electron chi connectivity index (χ2n) is 5.66. The number of aromatic amines is 1. The van der Waals surface area contributed by atoms with Gasteiger partial charge in [0, 0.05) is 47.8 Å². The van der Waals surface area contributed by atoms with Crippen molar-refractivity contribution in [1.29, 1.82) is 0 Å². The number of nitrogens with one attached hydrogen (secondary N) is 1. The summed E-state index contributed by atoms with van der Waals surface area (Å²) in [5, 5.41) is 0.914. The first kappa shape index (κ1) is 16.9. The Labute approximate surface area is 144 Å². The largest absolute Gasteiger partial charge is 0.361 e. The first-order chi connectivity index (χ1) is 12.1. The number of carbonyl (C=O) groups is 1. The van der Waals surface area contributed by atoms with Crippen molar-refractivity contribution < 1.29 is 9.53 Å². The van der Waals surface area contributed by atoms with Gasteiger partial charge in [-0.05, 0) is 43.7 Å². The van der Waals surface area contributed by atoms with Crippen molar-refractivity contribution in [2.24, 2.45) is 0 Å². The quantitative estimate of drug-likeness (QED) is 0.702. The van der Waals surface area contributed by atoms with Gasteiger partial charge in [-0.15, -0.1) is 0 Å². The van der Waals surface area contributed by atoms with Crippen LogP contribution in [0, 0.1) is 0 Å². The van der Waals surface area contributed by atoms with Crippen LogP contribution in [0.4, 0.5) is 0 Å². The fraction of sp³-hybridized carbons (Fsp3) is 0.211. The molecule has 0 amide bonds. The zero-order chi connectivity index (χ0) is 17.8. The third kappa shape index (κ3) is 3.75. The smallest absolute Gasteiger partial charge is 0.252 e. The summed E-state index contributed by atoms with van der Waals surface area (Å²) >= 11 is 0. The zero-order valence-electron chi connectivity index (χ0n) is 14.2. The van der Waals surface area contributed by atoms with E-state index in [1.165, 1.54) is 23.6 Å². The number of H-pyrrole nitrogens is 1. The minimum absolute atomic E-state index is 0.0125. The number of hydrogen-bond acceptors (Lipinski definition) is 4. The summed E-state index contributed by atoms with van der Waals surface area (Å²) in [6, 6.07) is 5.28. The summed E-state index contributed by atoms with van der Waals surface area (Å²) in [6.07, 6.45) is 8.62. The van der Waals surface area contributed by atoms with Gasteiger partial charge >= 0.3 is 0 Å². The Hall–Kier alpha value is -2.99. The zero-order valence-corrected chi connectivity index (χ0v) is 14.2. The average molecular weight is 337 g/mol. The Morgan fingerprint density at radius 3 is 2.96 bits per heavy atom. The average Bonchev–Trinajstić information content (AvgIpc) is 3.01. The third-order valence-electron chi connectivity index (χ3n) is 3.81. The minimum Gasteiger partial charge on any atom is -0.361 e. The summed E-state index contributed by atoms with van der Waals surface area (Å²) < 4.78 is 6.85. The van der Waals surface area contributed by atoms with Crippen LogP contribution in [0.5, 0.6) is 0 Å². The molecule has 3 rings (SSSR count). The minimum atomic E-state index is -0.113. The van der Waals surface area contributed by atoms with E-state index in [2.05, 4.69) is 9.97 Å². The van der Waals surface area contributed by atoms with Crippen LogP contribution in [0.1, 0.15) is 19.4 Å². The van der Waals surface area contributed by atoms with Crippen LogP contribution < -0.4 is 5.56 Å². The van der Waals surface area contributed by atoms with Gasteiger partial charge in [0.25, 0.3) is 5.56 Å². The van der Waals surface area contributed by atoms with Crippen molar-refractivity contribution in [3.05, 3.63) is 58.8 Å². The van der Waals surface area contributed by atoms with Crippen LogP contribution in [0.3, 0.4) is 0 Å².